The second-order valence-electron chi connectivity index (χ2n) is 8.72. The zero-order valence-corrected chi connectivity index (χ0v) is 19.2. The summed E-state index contributed by atoms with van der Waals surface area (Å²) in [6.45, 7) is 2.59. The van der Waals surface area contributed by atoms with Crippen LogP contribution in [0.25, 0.3) is 0 Å². The number of carbonyl (C=O) groups excluding carboxylic acids is 1. The number of aliphatic hydroxyl groups is 1. The van der Waals surface area contributed by atoms with Gasteiger partial charge >= 0.3 is 0 Å². The van der Waals surface area contributed by atoms with Gasteiger partial charge in [-0.25, -0.2) is 0 Å². The number of unbranched alkanes of at least 4 members (excludes halogenated alkanes) is 1. The van der Waals surface area contributed by atoms with E-state index in [1.54, 1.807) is 0 Å². The lowest BCUT2D eigenvalue weighted by Crippen LogP contribution is -3.14. The summed E-state index contributed by atoms with van der Waals surface area (Å²) < 4.78 is 0. The Labute approximate surface area is 197 Å². The number of quaternary nitrogens is 1. The highest BCUT2D eigenvalue weighted by atomic mass is 35.5. The molecule has 168 valence electrons. The summed E-state index contributed by atoms with van der Waals surface area (Å²) in [7, 11) is 0. The Balaban J connectivity index is 0.00000289. The van der Waals surface area contributed by atoms with Crippen LogP contribution >= 0.6 is 0 Å². The number of ketones is 1. The molecule has 3 unspecified atom stereocenters. The number of carbonyl (C=O) groups is 1. The molecule has 1 fully saturated rings. The van der Waals surface area contributed by atoms with Crippen molar-refractivity contribution in [2.45, 2.75) is 31.3 Å². The van der Waals surface area contributed by atoms with Gasteiger partial charge in [0.2, 0.25) is 0 Å². The third-order valence-electron chi connectivity index (χ3n) is 6.67. The molecule has 0 amide bonds. The van der Waals surface area contributed by atoms with Crippen molar-refractivity contribution in [3.63, 3.8) is 0 Å². The van der Waals surface area contributed by atoms with E-state index in [2.05, 4.69) is 30.3 Å². The van der Waals surface area contributed by atoms with E-state index in [9.17, 15) is 9.90 Å². The van der Waals surface area contributed by atoms with Crippen LogP contribution in [0.15, 0.2) is 91.0 Å². The van der Waals surface area contributed by atoms with Crippen molar-refractivity contribution in [2.75, 3.05) is 19.6 Å². The quantitative estimate of drug-likeness (QED) is 0.392. The van der Waals surface area contributed by atoms with Crippen molar-refractivity contribution in [2.24, 2.45) is 5.92 Å². The first-order valence-corrected chi connectivity index (χ1v) is 11.4. The molecular weight excluding hydrogens is 418 g/mol. The molecule has 0 bridgehead atoms. The molecule has 1 aliphatic rings. The van der Waals surface area contributed by atoms with Crippen molar-refractivity contribution < 1.29 is 27.2 Å². The molecule has 0 radical (unpaired) electrons. The SMILES string of the molecule is O=C(c1ccccc1)C1C[NH+](CCCCc2ccccc2)CCC1(O)c1ccccc1.[Cl-]. The maximum Gasteiger partial charge on any atom is 0.174 e. The van der Waals surface area contributed by atoms with Crippen molar-refractivity contribution in [3.05, 3.63) is 108 Å². The number of nitrogens with one attached hydrogen (secondary N) is 1. The Morgan fingerprint density at radius 2 is 1.47 bits per heavy atom. The van der Waals surface area contributed by atoms with Gasteiger partial charge in [0.1, 0.15) is 11.5 Å². The molecule has 1 saturated heterocycles. The molecular formula is C28H32ClNO2. The Hall–Kier alpha value is -2.46. The second-order valence-corrected chi connectivity index (χ2v) is 8.72. The van der Waals surface area contributed by atoms with Gasteiger partial charge in [-0.3, -0.25) is 4.79 Å². The van der Waals surface area contributed by atoms with Gasteiger partial charge < -0.3 is 22.4 Å². The van der Waals surface area contributed by atoms with Crippen molar-refractivity contribution in [3.8, 4) is 0 Å². The maximum absolute atomic E-state index is 13.5. The number of aryl methyl sites for hydroxylation is 1. The normalized spacial score (nSPS) is 22.7. The van der Waals surface area contributed by atoms with Gasteiger partial charge in [-0.15, -0.1) is 0 Å². The first-order valence-electron chi connectivity index (χ1n) is 11.4. The molecule has 4 rings (SSSR count). The molecule has 0 aliphatic carbocycles. The van der Waals surface area contributed by atoms with Crippen LogP contribution < -0.4 is 17.3 Å². The highest BCUT2D eigenvalue weighted by Crippen LogP contribution is 2.36. The first-order chi connectivity index (χ1) is 15.2. The zero-order valence-electron chi connectivity index (χ0n) is 18.4. The fourth-order valence-electron chi connectivity index (χ4n) is 4.86. The van der Waals surface area contributed by atoms with Crippen molar-refractivity contribution in [1.29, 1.82) is 0 Å². The van der Waals surface area contributed by atoms with Gasteiger partial charge in [-0.1, -0.05) is 91.0 Å². The van der Waals surface area contributed by atoms with E-state index >= 15 is 0 Å². The largest absolute Gasteiger partial charge is 1.00 e. The van der Waals surface area contributed by atoms with E-state index in [0.717, 1.165) is 37.9 Å². The topological polar surface area (TPSA) is 41.7 Å². The first kappa shape index (κ1) is 24.2. The fraction of sp³-hybridized carbons (Fsp3) is 0.321. The Morgan fingerprint density at radius 1 is 0.875 bits per heavy atom. The summed E-state index contributed by atoms with van der Waals surface area (Å²) >= 11 is 0. The minimum Gasteiger partial charge on any atom is -1.00 e. The average Bonchev–Trinajstić information content (AvgIpc) is 2.84. The van der Waals surface area contributed by atoms with E-state index in [1.165, 1.54) is 10.5 Å². The average molecular weight is 450 g/mol. The summed E-state index contributed by atoms with van der Waals surface area (Å²) in [4.78, 5) is 14.9. The standard InChI is InChI=1S/C28H31NO2.ClH/c30-27(24-15-6-2-7-16-24)26-22-29(20-11-10-14-23-12-4-1-5-13-23)21-19-28(26,31)25-17-8-3-9-18-25;/h1-9,12-13,15-18,26,31H,10-11,14,19-22H2;1H. The van der Waals surface area contributed by atoms with Crippen LogP contribution in [-0.4, -0.2) is 30.5 Å². The number of rotatable bonds is 8. The maximum atomic E-state index is 13.5. The summed E-state index contributed by atoms with van der Waals surface area (Å²) in [5, 5.41) is 11.7. The molecule has 0 spiro atoms. The van der Waals surface area contributed by atoms with E-state index in [4.69, 9.17) is 0 Å². The number of hydrogen-bond donors (Lipinski definition) is 2. The number of hydrogen-bond acceptors (Lipinski definition) is 2. The van der Waals surface area contributed by atoms with Gasteiger partial charge in [-0.2, -0.15) is 0 Å². The lowest BCUT2D eigenvalue weighted by Gasteiger charge is -2.42. The summed E-state index contributed by atoms with van der Waals surface area (Å²) in [5.74, 6) is -0.386. The molecule has 1 aliphatic heterocycles. The lowest BCUT2D eigenvalue weighted by molar-refractivity contribution is -0.911. The lowest BCUT2D eigenvalue weighted by atomic mass is 9.72. The monoisotopic (exact) mass is 449 g/mol. The molecule has 4 heteroatoms. The Bertz CT molecular complexity index is 964. The predicted molar refractivity (Wildman–Crippen MR) is 124 cm³/mol. The zero-order chi connectivity index (χ0) is 21.5. The highest BCUT2D eigenvalue weighted by Gasteiger charge is 2.48. The van der Waals surface area contributed by atoms with E-state index in [0.29, 0.717) is 18.5 Å². The van der Waals surface area contributed by atoms with E-state index in [1.807, 2.05) is 60.7 Å². The van der Waals surface area contributed by atoms with Gasteiger partial charge in [-0.05, 0) is 30.4 Å². The summed E-state index contributed by atoms with van der Waals surface area (Å²) in [6, 6.07) is 29.8. The van der Waals surface area contributed by atoms with Crippen LogP contribution in [0.3, 0.4) is 0 Å². The van der Waals surface area contributed by atoms with Gasteiger partial charge in [0, 0.05) is 12.0 Å². The number of benzene rings is 3. The van der Waals surface area contributed by atoms with Crippen LogP contribution in [0.5, 0.6) is 0 Å². The third-order valence-corrected chi connectivity index (χ3v) is 6.67. The molecule has 32 heavy (non-hydrogen) atoms. The van der Waals surface area contributed by atoms with Gasteiger partial charge in [0.25, 0.3) is 0 Å². The van der Waals surface area contributed by atoms with Crippen LogP contribution in [0.1, 0.15) is 40.7 Å². The minimum absolute atomic E-state index is 0. The number of Topliss-reactive ketones (excluding diaryl/α,β-unsaturated/α-hetero) is 1. The molecule has 3 aromatic rings. The number of likely N-dealkylation sites (tertiary alicyclic amines) is 1. The van der Waals surface area contributed by atoms with E-state index < -0.39 is 11.5 Å². The highest BCUT2D eigenvalue weighted by molar-refractivity contribution is 5.98. The molecule has 1 heterocycles. The Kier molecular flexibility index (Phi) is 8.63. The Morgan fingerprint density at radius 3 is 2.12 bits per heavy atom. The molecule has 0 aromatic heterocycles. The number of piperidine rings is 1. The third kappa shape index (κ3) is 5.66. The fourth-order valence-corrected chi connectivity index (χ4v) is 4.86. The van der Waals surface area contributed by atoms with Gasteiger partial charge in [0.05, 0.1) is 19.6 Å². The van der Waals surface area contributed by atoms with E-state index in [-0.39, 0.29) is 18.2 Å². The number of halogens is 1. The summed E-state index contributed by atoms with van der Waals surface area (Å²) in [5.41, 5.74) is 1.81. The molecule has 0 saturated carbocycles. The smallest absolute Gasteiger partial charge is 0.174 e. The minimum atomic E-state index is -1.11. The van der Waals surface area contributed by atoms with Crippen LogP contribution in [0, 0.1) is 5.92 Å². The molecule has 3 atom stereocenters. The van der Waals surface area contributed by atoms with Crippen LogP contribution in [0.2, 0.25) is 0 Å². The molecule has 3 nitrogen and oxygen atoms in total. The van der Waals surface area contributed by atoms with Crippen LogP contribution in [-0.2, 0) is 12.0 Å². The van der Waals surface area contributed by atoms with Crippen molar-refractivity contribution in [1.82, 2.24) is 0 Å². The predicted octanol–water partition coefficient (Wildman–Crippen LogP) is 0.689. The van der Waals surface area contributed by atoms with Crippen LogP contribution in [0.4, 0.5) is 0 Å². The summed E-state index contributed by atoms with van der Waals surface area (Å²) in [6.07, 6.45) is 3.97. The molecule has 3 aromatic carbocycles. The van der Waals surface area contributed by atoms with Gasteiger partial charge in [0.15, 0.2) is 5.78 Å². The second kappa shape index (κ2) is 11.4. The molecule has 2 N–H and O–H groups in total. The van der Waals surface area contributed by atoms with Crippen molar-refractivity contribution >= 4 is 5.78 Å².